The molecule has 0 radical (unpaired) electrons. The van der Waals surface area contributed by atoms with E-state index in [0.717, 1.165) is 32.9 Å². The molecule has 3 rings (SSSR count). The topological polar surface area (TPSA) is 70.6 Å². The minimum Gasteiger partial charge on any atom is -0.439 e. The molecular weight excluding hydrogens is 358 g/mol. The van der Waals surface area contributed by atoms with Crippen LogP contribution in [0.2, 0.25) is 0 Å². The maximum atomic E-state index is 6.07. The van der Waals surface area contributed by atoms with E-state index in [0.29, 0.717) is 0 Å². The molecule has 7 heteroatoms. The van der Waals surface area contributed by atoms with Crippen molar-refractivity contribution in [2.24, 2.45) is 4.99 Å². The Morgan fingerprint density at radius 1 is 1.13 bits per heavy atom. The number of pyridine rings is 1. The molecule has 0 atom stereocenters. The van der Waals surface area contributed by atoms with E-state index in [2.05, 4.69) is 36.9 Å². The molecule has 1 aliphatic rings. The molecule has 0 unspecified atom stereocenters. The molecule has 1 aromatic heterocycles. The summed E-state index contributed by atoms with van der Waals surface area (Å²) in [4.78, 5) is 9.16. The summed E-state index contributed by atoms with van der Waals surface area (Å²) in [6, 6.07) is 9.69. The van der Waals surface area contributed by atoms with Crippen molar-refractivity contribution in [3.63, 3.8) is 0 Å². The van der Waals surface area contributed by atoms with Crippen molar-refractivity contribution in [3.05, 3.63) is 52.3 Å². The summed E-state index contributed by atoms with van der Waals surface area (Å²) < 4.78 is 7.01. The van der Waals surface area contributed by atoms with Crippen LogP contribution in [0.5, 0.6) is 5.75 Å². The summed E-state index contributed by atoms with van der Waals surface area (Å²) in [5.74, 6) is -0.310. The fraction of sp³-hybridized carbons (Fsp3) is 0.250. The Morgan fingerprint density at radius 3 is 2.52 bits per heavy atom. The lowest BCUT2D eigenvalue weighted by molar-refractivity contribution is 0.0188. The highest BCUT2D eigenvalue weighted by atomic mass is 79.9. The molecule has 120 valence electrons. The average Bonchev–Trinajstić information content (AvgIpc) is 2.61. The molecule has 3 N–H and O–H groups in total. The Bertz CT molecular complexity index is 744. The highest BCUT2D eigenvalue weighted by molar-refractivity contribution is 9.10. The zero-order valence-electron chi connectivity index (χ0n) is 13.1. The Hall–Kier alpha value is -1.96. The summed E-state index contributed by atoms with van der Waals surface area (Å²) in [7, 11) is 5.45. The molecule has 2 aromatic rings. The van der Waals surface area contributed by atoms with Crippen molar-refractivity contribution in [1.29, 1.82) is 0 Å². The Balaban J connectivity index is 2.23. The minimum absolute atomic E-state index is 0.719. The third-order valence-electron chi connectivity index (χ3n) is 3.71. The van der Waals surface area contributed by atoms with Crippen molar-refractivity contribution in [2.45, 2.75) is 5.97 Å². The number of anilines is 1. The van der Waals surface area contributed by atoms with E-state index in [1.54, 1.807) is 20.3 Å². The van der Waals surface area contributed by atoms with Crippen LogP contribution in [0, 0.1) is 0 Å². The number of rotatable bonds is 4. The predicted octanol–water partition coefficient (Wildman–Crippen LogP) is 2.17. The number of aliphatic imine (C=N–C) groups is 1. The maximum Gasteiger partial charge on any atom is 0.321 e. The van der Waals surface area contributed by atoms with Gasteiger partial charge in [-0.2, -0.15) is 0 Å². The smallest absolute Gasteiger partial charge is 0.321 e. The van der Waals surface area contributed by atoms with E-state index >= 15 is 0 Å². The molecular formula is C16H18BrN5O. The van der Waals surface area contributed by atoms with Gasteiger partial charge >= 0.3 is 5.97 Å². The van der Waals surface area contributed by atoms with Gasteiger partial charge in [0.2, 0.25) is 0 Å². The fourth-order valence-electron chi connectivity index (χ4n) is 2.45. The zero-order chi connectivity index (χ0) is 16.4. The van der Waals surface area contributed by atoms with E-state index in [-0.39, 0.29) is 0 Å². The monoisotopic (exact) mass is 375 g/mol. The molecule has 0 amide bonds. The number of fused-ring (bicyclic) bond motifs is 1. The first-order valence-electron chi connectivity index (χ1n) is 7.22. The maximum absolute atomic E-state index is 6.07. The lowest BCUT2D eigenvalue weighted by atomic mass is 10.0. The normalized spacial score (nSPS) is 15.4. The van der Waals surface area contributed by atoms with Crippen LogP contribution in [0.4, 0.5) is 5.69 Å². The van der Waals surface area contributed by atoms with Crippen LogP contribution in [0.25, 0.3) is 0 Å². The quantitative estimate of drug-likeness (QED) is 0.714. The lowest BCUT2D eigenvalue weighted by Gasteiger charge is -2.35. The number of hydrogen-bond acceptors (Lipinski definition) is 6. The fourth-order valence-corrected chi connectivity index (χ4v) is 2.99. The summed E-state index contributed by atoms with van der Waals surface area (Å²) in [6.45, 7) is 0. The van der Waals surface area contributed by atoms with Crippen molar-refractivity contribution in [3.8, 4) is 5.75 Å². The molecule has 0 saturated heterocycles. The second-order valence-electron chi connectivity index (χ2n) is 5.00. The van der Waals surface area contributed by atoms with Gasteiger partial charge in [0.1, 0.15) is 11.5 Å². The lowest BCUT2D eigenvalue weighted by Crippen LogP contribution is -2.59. The highest BCUT2D eigenvalue weighted by Gasteiger charge is 2.35. The van der Waals surface area contributed by atoms with Gasteiger partial charge < -0.3 is 10.1 Å². The Labute approximate surface area is 143 Å². The van der Waals surface area contributed by atoms with Crippen LogP contribution in [-0.2, 0) is 0 Å². The van der Waals surface area contributed by atoms with Crippen molar-refractivity contribution in [2.75, 3.05) is 26.5 Å². The van der Waals surface area contributed by atoms with Gasteiger partial charge in [0, 0.05) is 29.3 Å². The number of hydrogen-bond donors (Lipinski definition) is 3. The van der Waals surface area contributed by atoms with Crippen molar-refractivity contribution >= 4 is 27.3 Å². The zero-order valence-corrected chi connectivity index (χ0v) is 14.7. The third kappa shape index (κ3) is 2.83. The van der Waals surface area contributed by atoms with E-state index < -0.39 is 5.97 Å². The highest BCUT2D eigenvalue weighted by Crippen LogP contribution is 2.36. The average molecular weight is 376 g/mol. The van der Waals surface area contributed by atoms with Gasteiger partial charge in [0.15, 0.2) is 0 Å². The SMILES string of the molecule is CNc1cc2c(cc1Br)C(c1ccccn1)=NC(NC)(NC)O2. The van der Waals surface area contributed by atoms with Gasteiger partial charge in [-0.1, -0.05) is 6.07 Å². The third-order valence-corrected chi connectivity index (χ3v) is 4.36. The van der Waals surface area contributed by atoms with Gasteiger partial charge in [-0.05, 0) is 48.2 Å². The van der Waals surface area contributed by atoms with Gasteiger partial charge in [-0.15, -0.1) is 0 Å². The molecule has 2 heterocycles. The first-order valence-corrected chi connectivity index (χ1v) is 8.01. The van der Waals surface area contributed by atoms with Gasteiger partial charge in [0.25, 0.3) is 0 Å². The van der Waals surface area contributed by atoms with E-state index in [4.69, 9.17) is 9.73 Å². The summed E-state index contributed by atoms with van der Waals surface area (Å²) >= 11 is 3.57. The minimum atomic E-state index is -1.03. The van der Waals surface area contributed by atoms with Gasteiger partial charge in [-0.3, -0.25) is 4.98 Å². The van der Waals surface area contributed by atoms with E-state index in [9.17, 15) is 0 Å². The number of benzene rings is 1. The van der Waals surface area contributed by atoms with Gasteiger partial charge in [-0.25, -0.2) is 15.6 Å². The molecule has 23 heavy (non-hydrogen) atoms. The second kappa shape index (κ2) is 6.27. The first-order chi connectivity index (χ1) is 11.1. The molecule has 0 saturated carbocycles. The van der Waals surface area contributed by atoms with E-state index in [1.807, 2.05) is 37.4 Å². The number of nitrogens with zero attached hydrogens (tertiary/aromatic N) is 2. The molecule has 1 aliphatic heterocycles. The summed E-state index contributed by atoms with van der Waals surface area (Å²) in [5, 5.41) is 9.30. The molecule has 0 bridgehead atoms. The molecule has 6 nitrogen and oxygen atoms in total. The van der Waals surface area contributed by atoms with E-state index in [1.165, 1.54) is 0 Å². The molecule has 0 fully saturated rings. The number of aromatic nitrogens is 1. The summed E-state index contributed by atoms with van der Waals surface area (Å²) in [5.41, 5.74) is 3.37. The van der Waals surface area contributed by atoms with Crippen LogP contribution >= 0.6 is 15.9 Å². The number of halogens is 1. The largest absolute Gasteiger partial charge is 0.439 e. The second-order valence-corrected chi connectivity index (χ2v) is 5.85. The van der Waals surface area contributed by atoms with Crippen molar-refractivity contribution in [1.82, 2.24) is 15.6 Å². The summed E-state index contributed by atoms with van der Waals surface area (Å²) in [6.07, 6.45) is 1.75. The first kappa shape index (κ1) is 15.9. The van der Waals surface area contributed by atoms with Crippen molar-refractivity contribution < 1.29 is 4.74 Å². The van der Waals surface area contributed by atoms with Crippen LogP contribution in [0.1, 0.15) is 11.3 Å². The number of ether oxygens (including phenoxy) is 1. The van der Waals surface area contributed by atoms with Crippen LogP contribution in [-0.4, -0.2) is 37.8 Å². The van der Waals surface area contributed by atoms with Gasteiger partial charge in [0.05, 0.1) is 11.4 Å². The molecule has 0 spiro atoms. The van der Waals surface area contributed by atoms with Crippen LogP contribution in [0.3, 0.4) is 0 Å². The Kier molecular flexibility index (Phi) is 4.34. The molecule has 0 aliphatic carbocycles. The molecule has 1 aromatic carbocycles. The number of nitrogens with one attached hydrogen (secondary N) is 3. The Morgan fingerprint density at radius 2 is 1.91 bits per heavy atom. The standard InChI is InChI=1S/C16H18BrN5O/c1-18-13-9-14-10(8-11(13)17)15(12-6-4-5-7-21-12)22-16(19-2,20-3)23-14/h4-9,18-20H,1-3H3. The van der Waals surface area contributed by atoms with Crippen LogP contribution < -0.4 is 20.7 Å². The van der Waals surface area contributed by atoms with Crippen LogP contribution in [0.15, 0.2) is 46.0 Å². The predicted molar refractivity (Wildman–Crippen MR) is 95.0 cm³/mol.